The second-order valence-electron chi connectivity index (χ2n) is 8.23. The van der Waals surface area contributed by atoms with Crippen LogP contribution in [-0.2, 0) is 4.74 Å². The number of rotatable bonds is 4. The number of ether oxygens (including phenoxy) is 1. The van der Waals surface area contributed by atoms with E-state index < -0.39 is 0 Å². The fourth-order valence-corrected chi connectivity index (χ4v) is 3.51. The summed E-state index contributed by atoms with van der Waals surface area (Å²) in [6.45, 7) is 21.5. The molecule has 0 radical (unpaired) electrons. The molecule has 0 saturated carbocycles. The highest BCUT2D eigenvalue weighted by molar-refractivity contribution is 5.82. The van der Waals surface area contributed by atoms with E-state index in [1.807, 2.05) is 0 Å². The summed E-state index contributed by atoms with van der Waals surface area (Å²) in [6, 6.07) is 0.927. The average Bonchev–Trinajstić information content (AvgIpc) is 2.49. The second kappa shape index (κ2) is 6.98. The summed E-state index contributed by atoms with van der Waals surface area (Å²) in [4.78, 5) is 9.89. The first-order valence-electron chi connectivity index (χ1n) is 9.10. The van der Waals surface area contributed by atoms with Gasteiger partial charge in [0.15, 0.2) is 5.96 Å². The number of morpholine rings is 1. The predicted molar refractivity (Wildman–Crippen MR) is 97.0 cm³/mol. The molecule has 2 aliphatic heterocycles. The van der Waals surface area contributed by atoms with E-state index in [1.54, 1.807) is 0 Å². The third kappa shape index (κ3) is 3.66. The van der Waals surface area contributed by atoms with Crippen LogP contribution < -0.4 is 5.32 Å². The highest BCUT2D eigenvalue weighted by atomic mass is 16.5. The standard InChI is InChI=1S/C18H36N4O/c1-8-19-16(22-13-17(4,5)18(22,6)7)20-11-14(2)21-9-10-23-12-15(21)3/h14-15H,8-13H2,1-7H3,(H,19,20). The van der Waals surface area contributed by atoms with Crippen LogP contribution in [0.5, 0.6) is 0 Å². The van der Waals surface area contributed by atoms with Gasteiger partial charge >= 0.3 is 0 Å². The molecule has 2 atom stereocenters. The predicted octanol–water partition coefficient (Wildman–Crippen LogP) is 2.18. The number of hydrogen-bond donors (Lipinski definition) is 1. The molecule has 2 aliphatic rings. The third-order valence-corrected chi connectivity index (χ3v) is 5.97. The summed E-state index contributed by atoms with van der Waals surface area (Å²) in [5, 5.41) is 3.48. The summed E-state index contributed by atoms with van der Waals surface area (Å²) < 4.78 is 5.54. The van der Waals surface area contributed by atoms with Gasteiger partial charge in [-0.05, 0) is 34.6 Å². The second-order valence-corrected chi connectivity index (χ2v) is 8.23. The fraction of sp³-hybridized carbons (Fsp3) is 0.944. The van der Waals surface area contributed by atoms with E-state index in [4.69, 9.17) is 9.73 Å². The van der Waals surface area contributed by atoms with Crippen molar-refractivity contribution in [2.75, 3.05) is 39.4 Å². The maximum Gasteiger partial charge on any atom is 0.194 e. The van der Waals surface area contributed by atoms with Gasteiger partial charge in [-0.1, -0.05) is 13.8 Å². The maximum absolute atomic E-state index is 5.54. The number of nitrogens with one attached hydrogen (secondary N) is 1. The van der Waals surface area contributed by atoms with Crippen molar-refractivity contribution in [1.82, 2.24) is 15.1 Å². The molecule has 5 heteroatoms. The molecule has 5 nitrogen and oxygen atoms in total. The van der Waals surface area contributed by atoms with Gasteiger partial charge in [0.2, 0.25) is 0 Å². The van der Waals surface area contributed by atoms with Crippen LogP contribution in [0.1, 0.15) is 48.5 Å². The van der Waals surface area contributed by atoms with E-state index in [0.29, 0.717) is 17.5 Å². The first-order chi connectivity index (χ1) is 10.7. The Morgan fingerprint density at radius 3 is 2.57 bits per heavy atom. The van der Waals surface area contributed by atoms with Crippen LogP contribution in [0.15, 0.2) is 4.99 Å². The Labute approximate surface area is 142 Å². The van der Waals surface area contributed by atoms with Crippen molar-refractivity contribution in [3.8, 4) is 0 Å². The van der Waals surface area contributed by atoms with Crippen molar-refractivity contribution in [3.63, 3.8) is 0 Å². The first-order valence-corrected chi connectivity index (χ1v) is 9.10. The minimum Gasteiger partial charge on any atom is -0.379 e. The van der Waals surface area contributed by atoms with Gasteiger partial charge < -0.3 is 15.0 Å². The average molecular weight is 325 g/mol. The van der Waals surface area contributed by atoms with Gasteiger partial charge in [-0.3, -0.25) is 9.89 Å². The van der Waals surface area contributed by atoms with Crippen molar-refractivity contribution in [1.29, 1.82) is 0 Å². The van der Waals surface area contributed by atoms with Gasteiger partial charge in [0.25, 0.3) is 0 Å². The number of hydrogen-bond acceptors (Lipinski definition) is 3. The van der Waals surface area contributed by atoms with E-state index in [2.05, 4.69) is 63.6 Å². The molecule has 0 aromatic carbocycles. The fourth-order valence-electron chi connectivity index (χ4n) is 3.51. The SMILES string of the molecule is CCNC(=NCC(C)N1CCOCC1C)N1CC(C)(C)C1(C)C. The Morgan fingerprint density at radius 2 is 2.04 bits per heavy atom. The zero-order valence-corrected chi connectivity index (χ0v) is 16.1. The van der Waals surface area contributed by atoms with Gasteiger partial charge in [0.05, 0.1) is 19.8 Å². The van der Waals surface area contributed by atoms with E-state index in [1.165, 1.54) is 0 Å². The molecule has 23 heavy (non-hydrogen) atoms. The molecule has 1 N–H and O–H groups in total. The van der Waals surface area contributed by atoms with Gasteiger partial charge in [0.1, 0.15) is 0 Å². The minimum absolute atomic E-state index is 0.142. The monoisotopic (exact) mass is 324 g/mol. The number of guanidine groups is 1. The minimum atomic E-state index is 0.142. The highest BCUT2D eigenvalue weighted by Crippen LogP contribution is 2.46. The Morgan fingerprint density at radius 1 is 1.35 bits per heavy atom. The molecule has 134 valence electrons. The molecule has 0 bridgehead atoms. The Bertz CT molecular complexity index is 433. The lowest BCUT2D eigenvalue weighted by molar-refractivity contribution is -0.0669. The van der Waals surface area contributed by atoms with Crippen LogP contribution in [0.3, 0.4) is 0 Å². The molecule has 2 rings (SSSR count). The maximum atomic E-state index is 5.54. The lowest BCUT2D eigenvalue weighted by atomic mass is 9.65. The molecular weight excluding hydrogens is 288 g/mol. The van der Waals surface area contributed by atoms with Gasteiger partial charge in [-0.25, -0.2) is 0 Å². The molecule has 2 heterocycles. The van der Waals surface area contributed by atoms with Crippen LogP contribution in [-0.4, -0.2) is 72.8 Å². The molecule has 2 saturated heterocycles. The lowest BCUT2D eigenvalue weighted by Crippen LogP contribution is -2.72. The van der Waals surface area contributed by atoms with E-state index >= 15 is 0 Å². The van der Waals surface area contributed by atoms with Crippen molar-refractivity contribution in [2.24, 2.45) is 10.4 Å². The molecule has 0 aromatic heterocycles. The van der Waals surface area contributed by atoms with E-state index in [-0.39, 0.29) is 5.54 Å². The molecule has 0 amide bonds. The van der Waals surface area contributed by atoms with Crippen LogP contribution in [0.2, 0.25) is 0 Å². The molecule has 0 spiro atoms. The molecule has 0 aromatic rings. The van der Waals surface area contributed by atoms with Crippen LogP contribution in [0, 0.1) is 5.41 Å². The van der Waals surface area contributed by atoms with Gasteiger partial charge in [-0.15, -0.1) is 0 Å². The summed E-state index contributed by atoms with van der Waals surface area (Å²) in [6.07, 6.45) is 0. The quantitative estimate of drug-likeness (QED) is 0.636. The largest absolute Gasteiger partial charge is 0.379 e. The Hall–Kier alpha value is -0.810. The number of aliphatic imine (C=N–C) groups is 1. The third-order valence-electron chi connectivity index (χ3n) is 5.97. The summed E-state index contributed by atoms with van der Waals surface area (Å²) in [5.74, 6) is 1.06. The summed E-state index contributed by atoms with van der Waals surface area (Å²) in [5.41, 5.74) is 0.469. The van der Waals surface area contributed by atoms with Gasteiger partial charge in [0, 0.05) is 42.7 Å². The lowest BCUT2D eigenvalue weighted by Gasteiger charge is -2.62. The Kier molecular flexibility index (Phi) is 5.62. The van der Waals surface area contributed by atoms with Crippen molar-refractivity contribution >= 4 is 5.96 Å². The highest BCUT2D eigenvalue weighted by Gasteiger charge is 2.53. The Balaban J connectivity index is 2.02. The molecule has 2 fully saturated rings. The summed E-state index contributed by atoms with van der Waals surface area (Å²) in [7, 11) is 0. The smallest absolute Gasteiger partial charge is 0.194 e. The van der Waals surface area contributed by atoms with Gasteiger partial charge in [-0.2, -0.15) is 0 Å². The topological polar surface area (TPSA) is 40.1 Å². The number of likely N-dealkylation sites (tertiary alicyclic amines) is 1. The normalized spacial score (nSPS) is 29.1. The molecular formula is C18H36N4O. The molecule has 2 unspecified atom stereocenters. The summed E-state index contributed by atoms with van der Waals surface area (Å²) >= 11 is 0. The van der Waals surface area contributed by atoms with E-state index in [9.17, 15) is 0 Å². The molecule has 0 aliphatic carbocycles. The van der Waals surface area contributed by atoms with Crippen molar-refractivity contribution in [2.45, 2.75) is 66.1 Å². The van der Waals surface area contributed by atoms with Crippen molar-refractivity contribution < 1.29 is 4.74 Å². The first kappa shape index (κ1) is 18.5. The number of nitrogens with zero attached hydrogens (tertiary/aromatic N) is 3. The van der Waals surface area contributed by atoms with Crippen LogP contribution >= 0.6 is 0 Å². The van der Waals surface area contributed by atoms with E-state index in [0.717, 1.165) is 45.4 Å². The van der Waals surface area contributed by atoms with Crippen LogP contribution in [0.25, 0.3) is 0 Å². The zero-order valence-electron chi connectivity index (χ0n) is 16.1. The van der Waals surface area contributed by atoms with Crippen molar-refractivity contribution in [3.05, 3.63) is 0 Å². The van der Waals surface area contributed by atoms with Crippen LogP contribution in [0.4, 0.5) is 0 Å². The zero-order chi connectivity index (χ0) is 17.3.